The zero-order valence-electron chi connectivity index (χ0n) is 12.8. The number of amides is 2. The van der Waals surface area contributed by atoms with Crippen LogP contribution in [0.4, 0.5) is 5.69 Å². The summed E-state index contributed by atoms with van der Waals surface area (Å²) in [7, 11) is 0. The SMILES string of the molecule is CCC(C)NC(=O)CCN(C(C)=O)c1ccc(C)cc1. The highest BCUT2D eigenvalue weighted by Crippen LogP contribution is 2.15. The number of rotatable bonds is 6. The molecule has 0 spiro atoms. The van der Waals surface area contributed by atoms with Crippen molar-refractivity contribution in [1.82, 2.24) is 5.32 Å². The molecule has 0 aliphatic heterocycles. The average molecular weight is 276 g/mol. The Morgan fingerprint density at radius 2 is 1.85 bits per heavy atom. The lowest BCUT2D eigenvalue weighted by Crippen LogP contribution is -2.36. The summed E-state index contributed by atoms with van der Waals surface area (Å²) in [6.45, 7) is 7.92. The van der Waals surface area contributed by atoms with Gasteiger partial charge in [-0.05, 0) is 32.4 Å². The van der Waals surface area contributed by atoms with E-state index in [1.54, 1.807) is 4.90 Å². The Balaban J connectivity index is 2.62. The van der Waals surface area contributed by atoms with Gasteiger partial charge in [0.15, 0.2) is 0 Å². The zero-order valence-corrected chi connectivity index (χ0v) is 12.8. The second kappa shape index (κ2) is 7.68. The number of anilines is 1. The molecule has 0 radical (unpaired) electrons. The Labute approximate surface area is 121 Å². The number of hydrogen-bond donors (Lipinski definition) is 1. The van der Waals surface area contributed by atoms with Gasteiger partial charge in [0.1, 0.15) is 0 Å². The van der Waals surface area contributed by atoms with Crippen LogP contribution in [-0.4, -0.2) is 24.4 Å². The van der Waals surface area contributed by atoms with Crippen LogP contribution < -0.4 is 10.2 Å². The maximum Gasteiger partial charge on any atom is 0.223 e. The van der Waals surface area contributed by atoms with Gasteiger partial charge in [0.25, 0.3) is 0 Å². The first-order valence-corrected chi connectivity index (χ1v) is 7.08. The van der Waals surface area contributed by atoms with Crippen LogP contribution in [-0.2, 0) is 9.59 Å². The van der Waals surface area contributed by atoms with Gasteiger partial charge >= 0.3 is 0 Å². The first kappa shape index (κ1) is 16.2. The molecule has 1 unspecified atom stereocenters. The summed E-state index contributed by atoms with van der Waals surface area (Å²) >= 11 is 0. The van der Waals surface area contributed by atoms with E-state index < -0.39 is 0 Å². The lowest BCUT2D eigenvalue weighted by Gasteiger charge is -2.21. The quantitative estimate of drug-likeness (QED) is 0.868. The summed E-state index contributed by atoms with van der Waals surface area (Å²) in [6, 6.07) is 7.91. The van der Waals surface area contributed by atoms with Gasteiger partial charge in [0.05, 0.1) is 0 Å². The summed E-state index contributed by atoms with van der Waals surface area (Å²) in [6.07, 6.45) is 1.22. The molecule has 0 aliphatic carbocycles. The van der Waals surface area contributed by atoms with Gasteiger partial charge in [-0.3, -0.25) is 9.59 Å². The predicted molar refractivity (Wildman–Crippen MR) is 81.7 cm³/mol. The van der Waals surface area contributed by atoms with Crippen molar-refractivity contribution in [3.05, 3.63) is 29.8 Å². The van der Waals surface area contributed by atoms with Crippen molar-refractivity contribution >= 4 is 17.5 Å². The molecule has 0 aromatic heterocycles. The molecule has 1 atom stereocenters. The second-order valence-electron chi connectivity index (χ2n) is 5.13. The monoisotopic (exact) mass is 276 g/mol. The number of hydrogen-bond acceptors (Lipinski definition) is 2. The number of carbonyl (C=O) groups excluding carboxylic acids is 2. The second-order valence-corrected chi connectivity index (χ2v) is 5.13. The minimum absolute atomic E-state index is 0.0160. The van der Waals surface area contributed by atoms with Gasteiger partial charge in [-0.25, -0.2) is 0 Å². The Bertz CT molecular complexity index is 454. The van der Waals surface area contributed by atoms with E-state index in [2.05, 4.69) is 5.32 Å². The van der Waals surface area contributed by atoms with Crippen molar-refractivity contribution in [3.8, 4) is 0 Å². The average Bonchev–Trinajstić information content (AvgIpc) is 2.40. The minimum Gasteiger partial charge on any atom is -0.354 e. The van der Waals surface area contributed by atoms with Crippen molar-refractivity contribution in [1.29, 1.82) is 0 Å². The van der Waals surface area contributed by atoms with Crippen LogP contribution in [0.1, 0.15) is 39.2 Å². The molecule has 110 valence electrons. The van der Waals surface area contributed by atoms with Crippen molar-refractivity contribution < 1.29 is 9.59 Å². The highest BCUT2D eigenvalue weighted by Gasteiger charge is 2.13. The first-order valence-electron chi connectivity index (χ1n) is 7.08. The van der Waals surface area contributed by atoms with Crippen LogP contribution >= 0.6 is 0 Å². The third-order valence-electron chi connectivity index (χ3n) is 3.31. The molecule has 0 fully saturated rings. The Morgan fingerprint density at radius 3 is 2.35 bits per heavy atom. The molecule has 0 saturated carbocycles. The lowest BCUT2D eigenvalue weighted by molar-refractivity contribution is -0.121. The molecular weight excluding hydrogens is 252 g/mol. The zero-order chi connectivity index (χ0) is 15.1. The molecule has 1 aromatic carbocycles. The van der Waals surface area contributed by atoms with E-state index in [1.165, 1.54) is 6.92 Å². The molecule has 1 rings (SSSR count). The molecule has 1 N–H and O–H groups in total. The molecule has 0 heterocycles. The molecule has 0 saturated heterocycles. The van der Waals surface area contributed by atoms with Crippen molar-refractivity contribution in [2.45, 2.75) is 46.6 Å². The van der Waals surface area contributed by atoms with Crippen LogP contribution in [0.2, 0.25) is 0 Å². The number of aryl methyl sites for hydroxylation is 1. The Kier molecular flexibility index (Phi) is 6.22. The van der Waals surface area contributed by atoms with Crippen LogP contribution in [0.5, 0.6) is 0 Å². The number of carbonyl (C=O) groups is 2. The van der Waals surface area contributed by atoms with Crippen LogP contribution in [0, 0.1) is 6.92 Å². The molecule has 0 bridgehead atoms. The fourth-order valence-corrected chi connectivity index (χ4v) is 1.86. The molecular formula is C16H24N2O2. The van der Waals surface area contributed by atoms with Crippen molar-refractivity contribution in [3.63, 3.8) is 0 Å². The molecule has 20 heavy (non-hydrogen) atoms. The normalized spacial score (nSPS) is 11.8. The van der Waals surface area contributed by atoms with Gasteiger partial charge in [-0.2, -0.15) is 0 Å². The Morgan fingerprint density at radius 1 is 1.25 bits per heavy atom. The highest BCUT2D eigenvalue weighted by molar-refractivity contribution is 5.92. The smallest absolute Gasteiger partial charge is 0.223 e. The molecule has 2 amide bonds. The van der Waals surface area contributed by atoms with E-state index in [-0.39, 0.29) is 17.9 Å². The van der Waals surface area contributed by atoms with E-state index in [9.17, 15) is 9.59 Å². The summed E-state index contributed by atoms with van der Waals surface area (Å²) in [5, 5.41) is 2.91. The minimum atomic E-state index is -0.0507. The molecule has 0 aliphatic rings. The number of benzene rings is 1. The summed E-state index contributed by atoms with van der Waals surface area (Å²) in [5.41, 5.74) is 1.98. The van der Waals surface area contributed by atoms with Gasteiger partial charge in [-0.15, -0.1) is 0 Å². The standard InChI is InChI=1S/C16H24N2O2/c1-5-13(3)17-16(20)10-11-18(14(4)19)15-8-6-12(2)7-9-15/h6-9,13H,5,10-11H2,1-4H3,(H,17,20). The summed E-state index contributed by atoms with van der Waals surface area (Å²) < 4.78 is 0. The molecule has 4 nitrogen and oxygen atoms in total. The van der Waals surface area contributed by atoms with E-state index in [0.29, 0.717) is 13.0 Å². The van der Waals surface area contributed by atoms with Gasteiger partial charge in [0.2, 0.25) is 11.8 Å². The molecule has 4 heteroatoms. The van der Waals surface area contributed by atoms with Crippen molar-refractivity contribution in [2.75, 3.05) is 11.4 Å². The van der Waals surface area contributed by atoms with Gasteiger partial charge < -0.3 is 10.2 Å². The van der Waals surface area contributed by atoms with Crippen LogP contribution in [0.15, 0.2) is 24.3 Å². The third kappa shape index (κ3) is 5.03. The number of nitrogens with zero attached hydrogens (tertiary/aromatic N) is 1. The maximum atomic E-state index is 11.8. The summed E-state index contributed by atoms with van der Waals surface area (Å²) in [4.78, 5) is 25.1. The number of nitrogens with one attached hydrogen (secondary N) is 1. The fraction of sp³-hybridized carbons (Fsp3) is 0.500. The van der Waals surface area contributed by atoms with Gasteiger partial charge in [-0.1, -0.05) is 24.6 Å². The highest BCUT2D eigenvalue weighted by atomic mass is 16.2. The van der Waals surface area contributed by atoms with Crippen LogP contribution in [0.25, 0.3) is 0 Å². The van der Waals surface area contributed by atoms with E-state index >= 15 is 0 Å². The maximum absolute atomic E-state index is 11.8. The third-order valence-corrected chi connectivity index (χ3v) is 3.31. The molecule has 1 aromatic rings. The van der Waals surface area contributed by atoms with E-state index in [0.717, 1.165) is 17.7 Å². The van der Waals surface area contributed by atoms with E-state index in [1.807, 2.05) is 45.0 Å². The lowest BCUT2D eigenvalue weighted by atomic mass is 10.2. The van der Waals surface area contributed by atoms with Gasteiger partial charge in [0, 0.05) is 31.6 Å². The topological polar surface area (TPSA) is 49.4 Å². The fourth-order valence-electron chi connectivity index (χ4n) is 1.86. The van der Waals surface area contributed by atoms with E-state index in [4.69, 9.17) is 0 Å². The predicted octanol–water partition coefficient (Wildman–Crippen LogP) is 2.65. The summed E-state index contributed by atoms with van der Waals surface area (Å²) in [5.74, 6) is -0.0668. The van der Waals surface area contributed by atoms with Crippen molar-refractivity contribution in [2.24, 2.45) is 0 Å². The Hall–Kier alpha value is -1.84. The largest absolute Gasteiger partial charge is 0.354 e. The first-order chi connectivity index (χ1) is 9.43. The van der Waals surface area contributed by atoms with Crippen LogP contribution in [0.3, 0.4) is 0 Å².